The summed E-state index contributed by atoms with van der Waals surface area (Å²) in [6.07, 6.45) is 5.04. The smallest absolute Gasteiger partial charge is 0.349 e. The van der Waals surface area contributed by atoms with E-state index in [0.29, 0.717) is 0 Å². The van der Waals surface area contributed by atoms with Crippen molar-refractivity contribution in [3.05, 3.63) is 21.6 Å². The number of nitrogens with zero attached hydrogens (tertiary/aromatic N) is 3. The monoisotopic (exact) mass is 243 g/mol. The summed E-state index contributed by atoms with van der Waals surface area (Å²) in [5.74, 6) is -0.0306. The van der Waals surface area contributed by atoms with Gasteiger partial charge in [-0.3, -0.25) is 10.1 Å². The standard InChI is InChI=1S/C9H10ClN3O3/c10-9-11-5-7(13(14)15)8(12-9)16-6-3-1-2-4-6/h5-6H,1-4H2. The van der Waals surface area contributed by atoms with E-state index >= 15 is 0 Å². The molecule has 0 radical (unpaired) electrons. The molecule has 16 heavy (non-hydrogen) atoms. The molecule has 2 rings (SSSR count). The van der Waals surface area contributed by atoms with Gasteiger partial charge in [0.05, 0.1) is 4.92 Å². The number of halogens is 1. The average molecular weight is 244 g/mol. The second-order valence-electron chi connectivity index (χ2n) is 3.61. The van der Waals surface area contributed by atoms with Crippen LogP contribution >= 0.6 is 11.6 Å². The Morgan fingerprint density at radius 3 is 2.81 bits per heavy atom. The van der Waals surface area contributed by atoms with Crippen LogP contribution in [0, 0.1) is 10.1 Å². The maximum absolute atomic E-state index is 10.7. The largest absolute Gasteiger partial charge is 0.469 e. The average Bonchev–Trinajstić information content (AvgIpc) is 2.70. The zero-order chi connectivity index (χ0) is 11.5. The highest BCUT2D eigenvalue weighted by Gasteiger charge is 2.24. The van der Waals surface area contributed by atoms with Crippen LogP contribution in [0.3, 0.4) is 0 Å². The van der Waals surface area contributed by atoms with Crippen LogP contribution in [0.1, 0.15) is 25.7 Å². The lowest BCUT2D eigenvalue weighted by molar-refractivity contribution is -0.386. The Hall–Kier alpha value is -1.43. The van der Waals surface area contributed by atoms with Crippen LogP contribution in [0.5, 0.6) is 5.88 Å². The third-order valence-corrected chi connectivity index (χ3v) is 2.67. The van der Waals surface area contributed by atoms with Crippen molar-refractivity contribution in [3.8, 4) is 5.88 Å². The van der Waals surface area contributed by atoms with Gasteiger partial charge in [-0.2, -0.15) is 4.98 Å². The van der Waals surface area contributed by atoms with Crippen LogP contribution in [-0.4, -0.2) is 21.0 Å². The summed E-state index contributed by atoms with van der Waals surface area (Å²) in [7, 11) is 0. The van der Waals surface area contributed by atoms with Gasteiger partial charge in [0.15, 0.2) is 0 Å². The molecule has 0 N–H and O–H groups in total. The van der Waals surface area contributed by atoms with E-state index in [9.17, 15) is 10.1 Å². The first-order valence-electron chi connectivity index (χ1n) is 5.00. The van der Waals surface area contributed by atoms with Gasteiger partial charge in [-0.05, 0) is 37.3 Å². The highest BCUT2D eigenvalue weighted by Crippen LogP contribution is 2.29. The van der Waals surface area contributed by atoms with E-state index in [1.54, 1.807) is 0 Å². The predicted octanol–water partition coefficient (Wildman–Crippen LogP) is 2.36. The molecular formula is C9H10ClN3O3. The van der Waals surface area contributed by atoms with Crippen molar-refractivity contribution in [1.29, 1.82) is 0 Å². The van der Waals surface area contributed by atoms with Crippen LogP contribution < -0.4 is 4.74 Å². The predicted molar refractivity (Wildman–Crippen MR) is 56.6 cm³/mol. The van der Waals surface area contributed by atoms with E-state index in [4.69, 9.17) is 16.3 Å². The molecule has 7 heteroatoms. The summed E-state index contributed by atoms with van der Waals surface area (Å²) in [4.78, 5) is 17.5. The maximum atomic E-state index is 10.7. The molecular weight excluding hydrogens is 234 g/mol. The van der Waals surface area contributed by atoms with Crippen LogP contribution in [0.15, 0.2) is 6.20 Å². The molecule has 0 saturated heterocycles. The highest BCUT2D eigenvalue weighted by atomic mass is 35.5. The lowest BCUT2D eigenvalue weighted by Gasteiger charge is -2.11. The van der Waals surface area contributed by atoms with Crippen molar-refractivity contribution in [2.45, 2.75) is 31.8 Å². The van der Waals surface area contributed by atoms with Gasteiger partial charge in [-0.1, -0.05) is 0 Å². The Balaban J connectivity index is 2.22. The van der Waals surface area contributed by atoms with Crippen LogP contribution in [0.4, 0.5) is 5.69 Å². The van der Waals surface area contributed by atoms with Crippen molar-refractivity contribution in [3.63, 3.8) is 0 Å². The van der Waals surface area contributed by atoms with Gasteiger partial charge in [0.2, 0.25) is 5.28 Å². The van der Waals surface area contributed by atoms with Gasteiger partial charge in [-0.25, -0.2) is 4.98 Å². The third kappa shape index (κ3) is 2.38. The molecule has 6 nitrogen and oxygen atoms in total. The van der Waals surface area contributed by atoms with Crippen molar-refractivity contribution in [1.82, 2.24) is 9.97 Å². The van der Waals surface area contributed by atoms with E-state index in [1.165, 1.54) is 0 Å². The number of nitro groups is 1. The van der Waals surface area contributed by atoms with Crippen molar-refractivity contribution in [2.24, 2.45) is 0 Å². The number of rotatable bonds is 3. The minimum Gasteiger partial charge on any atom is -0.469 e. The summed E-state index contributed by atoms with van der Waals surface area (Å²) in [5.41, 5.74) is -0.240. The molecule has 0 atom stereocenters. The molecule has 1 heterocycles. The van der Waals surface area contributed by atoms with E-state index in [0.717, 1.165) is 31.9 Å². The summed E-state index contributed by atoms with van der Waals surface area (Å²) in [6.45, 7) is 0. The molecule has 86 valence electrons. The first-order chi connectivity index (χ1) is 7.66. The van der Waals surface area contributed by atoms with Gasteiger partial charge in [0, 0.05) is 0 Å². The van der Waals surface area contributed by atoms with Crippen molar-refractivity contribution in [2.75, 3.05) is 0 Å². The summed E-state index contributed by atoms with van der Waals surface area (Å²) < 4.78 is 5.47. The van der Waals surface area contributed by atoms with Crippen LogP contribution in [0.2, 0.25) is 5.28 Å². The van der Waals surface area contributed by atoms with Crippen molar-refractivity contribution < 1.29 is 9.66 Å². The van der Waals surface area contributed by atoms with E-state index in [2.05, 4.69) is 9.97 Å². The minimum atomic E-state index is -0.569. The normalized spacial score (nSPS) is 16.3. The fourth-order valence-electron chi connectivity index (χ4n) is 1.72. The Morgan fingerprint density at radius 2 is 2.19 bits per heavy atom. The quantitative estimate of drug-likeness (QED) is 0.463. The number of aromatic nitrogens is 2. The zero-order valence-corrected chi connectivity index (χ0v) is 9.18. The molecule has 0 aromatic carbocycles. The fourth-order valence-corrected chi connectivity index (χ4v) is 1.84. The first kappa shape index (κ1) is 11.1. The van der Waals surface area contributed by atoms with Gasteiger partial charge in [0.1, 0.15) is 12.3 Å². The first-order valence-corrected chi connectivity index (χ1v) is 5.38. The lowest BCUT2D eigenvalue weighted by atomic mass is 10.3. The maximum Gasteiger partial charge on any atom is 0.349 e. The Bertz CT molecular complexity index is 407. The van der Waals surface area contributed by atoms with E-state index in [-0.39, 0.29) is 23.0 Å². The number of hydrogen-bond acceptors (Lipinski definition) is 5. The molecule has 0 spiro atoms. The van der Waals surface area contributed by atoms with Gasteiger partial charge in [-0.15, -0.1) is 0 Å². The molecule has 1 aliphatic rings. The third-order valence-electron chi connectivity index (χ3n) is 2.48. The van der Waals surface area contributed by atoms with E-state index < -0.39 is 4.92 Å². The fraction of sp³-hybridized carbons (Fsp3) is 0.556. The zero-order valence-electron chi connectivity index (χ0n) is 8.43. The lowest BCUT2D eigenvalue weighted by Crippen LogP contribution is -2.13. The molecule has 0 bridgehead atoms. The Kier molecular flexibility index (Phi) is 3.19. The summed E-state index contributed by atoms with van der Waals surface area (Å²) in [6, 6.07) is 0. The molecule has 1 aromatic rings. The summed E-state index contributed by atoms with van der Waals surface area (Å²) in [5, 5.41) is 10.7. The number of hydrogen-bond donors (Lipinski definition) is 0. The Labute approximate surface area is 96.8 Å². The second-order valence-corrected chi connectivity index (χ2v) is 3.95. The molecule has 1 saturated carbocycles. The topological polar surface area (TPSA) is 78.2 Å². The second kappa shape index (κ2) is 4.61. The van der Waals surface area contributed by atoms with Crippen LogP contribution in [0.25, 0.3) is 0 Å². The SMILES string of the molecule is O=[N+]([O-])c1cnc(Cl)nc1OC1CCCC1. The van der Waals surface area contributed by atoms with Gasteiger partial charge in [0.25, 0.3) is 5.88 Å². The highest BCUT2D eigenvalue weighted by molar-refractivity contribution is 6.28. The molecule has 1 aliphatic carbocycles. The van der Waals surface area contributed by atoms with Crippen molar-refractivity contribution >= 4 is 17.3 Å². The van der Waals surface area contributed by atoms with E-state index in [1.807, 2.05) is 0 Å². The Morgan fingerprint density at radius 1 is 1.50 bits per heavy atom. The van der Waals surface area contributed by atoms with Crippen LogP contribution in [-0.2, 0) is 0 Å². The molecule has 0 unspecified atom stereocenters. The molecule has 0 aliphatic heterocycles. The molecule has 1 fully saturated rings. The van der Waals surface area contributed by atoms with Gasteiger partial charge < -0.3 is 4.74 Å². The number of ether oxygens (including phenoxy) is 1. The van der Waals surface area contributed by atoms with Gasteiger partial charge >= 0.3 is 5.69 Å². The minimum absolute atomic E-state index is 0.00432. The molecule has 1 aromatic heterocycles. The molecule has 0 amide bonds. The summed E-state index contributed by atoms with van der Waals surface area (Å²) >= 11 is 5.58.